The minimum atomic E-state index is -1.20. The van der Waals surface area contributed by atoms with Gasteiger partial charge in [0.15, 0.2) is 0 Å². The molecule has 1 atom stereocenters. The molecule has 18 heavy (non-hydrogen) atoms. The van der Waals surface area contributed by atoms with Crippen molar-refractivity contribution in [3.8, 4) is 0 Å². The minimum absolute atomic E-state index is 0.0367. The predicted molar refractivity (Wildman–Crippen MR) is 61.3 cm³/mol. The molecule has 0 fully saturated rings. The van der Waals surface area contributed by atoms with Gasteiger partial charge in [0.2, 0.25) is 6.29 Å². The molecule has 6 heteroatoms. The first-order valence-corrected chi connectivity index (χ1v) is 5.32. The lowest BCUT2D eigenvalue weighted by molar-refractivity contribution is -0.105. The van der Waals surface area contributed by atoms with Gasteiger partial charge in [0.05, 0.1) is 24.3 Å². The number of hydrogen-bond acceptors (Lipinski definition) is 5. The van der Waals surface area contributed by atoms with Crippen molar-refractivity contribution in [1.29, 1.82) is 0 Å². The van der Waals surface area contributed by atoms with Crippen LogP contribution >= 0.6 is 0 Å². The third-order valence-corrected chi connectivity index (χ3v) is 2.09. The number of carboxylic acids is 1. The molecule has 0 heterocycles. The van der Waals surface area contributed by atoms with E-state index in [2.05, 4.69) is 0 Å². The maximum absolute atomic E-state index is 11.7. The van der Waals surface area contributed by atoms with Crippen LogP contribution in [0.15, 0.2) is 24.3 Å². The summed E-state index contributed by atoms with van der Waals surface area (Å²) in [5.41, 5.74) is -0.165. The second-order valence-electron chi connectivity index (χ2n) is 3.42. The van der Waals surface area contributed by atoms with Gasteiger partial charge in [-0.05, 0) is 19.1 Å². The summed E-state index contributed by atoms with van der Waals surface area (Å²) in [4.78, 5) is 22.6. The first-order chi connectivity index (χ1) is 8.56. The van der Waals surface area contributed by atoms with Crippen molar-refractivity contribution >= 4 is 11.9 Å². The van der Waals surface area contributed by atoms with Crippen LogP contribution in [0.2, 0.25) is 0 Å². The molecule has 1 aromatic carbocycles. The Balaban J connectivity index is 2.75. The lowest BCUT2D eigenvalue weighted by atomic mass is 10.1. The predicted octanol–water partition coefficient (Wildman–Crippen LogP) is 0.897. The van der Waals surface area contributed by atoms with Crippen LogP contribution in [0.25, 0.3) is 0 Å². The van der Waals surface area contributed by atoms with Crippen LogP contribution in [0.4, 0.5) is 0 Å². The van der Waals surface area contributed by atoms with Gasteiger partial charge >= 0.3 is 11.9 Å². The zero-order valence-electron chi connectivity index (χ0n) is 9.83. The second kappa shape index (κ2) is 6.73. The molecule has 1 aromatic rings. The number of carbonyl (C=O) groups is 2. The summed E-state index contributed by atoms with van der Waals surface area (Å²) < 4.78 is 9.84. The Hall–Kier alpha value is -1.92. The molecule has 0 bridgehead atoms. The number of benzene rings is 1. The highest BCUT2D eigenvalue weighted by molar-refractivity contribution is 6.02. The van der Waals surface area contributed by atoms with Crippen molar-refractivity contribution in [2.75, 3.05) is 13.2 Å². The van der Waals surface area contributed by atoms with Gasteiger partial charge in [-0.3, -0.25) is 0 Å². The van der Waals surface area contributed by atoms with E-state index in [1.54, 1.807) is 6.07 Å². The maximum Gasteiger partial charge on any atom is 0.341 e. The summed E-state index contributed by atoms with van der Waals surface area (Å²) in [7, 11) is 0. The Bertz CT molecular complexity index is 428. The zero-order chi connectivity index (χ0) is 13.5. The van der Waals surface area contributed by atoms with E-state index < -0.39 is 18.2 Å². The highest BCUT2D eigenvalue weighted by Crippen LogP contribution is 2.11. The van der Waals surface area contributed by atoms with Gasteiger partial charge in [-0.1, -0.05) is 12.1 Å². The summed E-state index contributed by atoms with van der Waals surface area (Å²) in [6, 6.07) is 5.75. The smallest absolute Gasteiger partial charge is 0.341 e. The van der Waals surface area contributed by atoms with Crippen molar-refractivity contribution in [1.82, 2.24) is 0 Å². The molecular weight excluding hydrogens is 240 g/mol. The van der Waals surface area contributed by atoms with Gasteiger partial charge < -0.3 is 19.7 Å². The maximum atomic E-state index is 11.7. The SMILES string of the molecule is CC(OCCO)OC(=O)c1ccccc1C(=O)O. The average molecular weight is 254 g/mol. The highest BCUT2D eigenvalue weighted by Gasteiger charge is 2.19. The standard InChI is InChI=1S/C12H14O6/c1-8(17-7-6-13)18-12(16)10-5-3-2-4-9(10)11(14)15/h2-5,8,13H,6-7H2,1H3,(H,14,15). The molecule has 0 aromatic heterocycles. The fraction of sp³-hybridized carbons (Fsp3) is 0.333. The first kappa shape index (κ1) is 14.1. The molecular formula is C12H14O6. The number of aliphatic hydroxyl groups is 1. The van der Waals surface area contributed by atoms with Crippen LogP contribution in [0, 0.1) is 0 Å². The number of ether oxygens (including phenoxy) is 2. The number of carbonyl (C=O) groups excluding carboxylic acids is 1. The summed E-state index contributed by atoms with van der Waals surface area (Å²) in [5.74, 6) is -1.98. The largest absolute Gasteiger partial charge is 0.478 e. The van der Waals surface area contributed by atoms with E-state index >= 15 is 0 Å². The molecule has 0 spiro atoms. The number of hydrogen-bond donors (Lipinski definition) is 2. The fourth-order valence-corrected chi connectivity index (χ4v) is 1.31. The molecule has 0 saturated carbocycles. The number of carboxylic acid groups (broad SMARTS) is 1. The summed E-state index contributed by atoms with van der Waals surface area (Å²) >= 11 is 0. The van der Waals surface area contributed by atoms with E-state index in [9.17, 15) is 9.59 Å². The Labute approximate surface area is 104 Å². The Morgan fingerprint density at radius 2 is 1.89 bits per heavy atom. The molecule has 0 aliphatic carbocycles. The van der Waals surface area contributed by atoms with E-state index in [1.165, 1.54) is 25.1 Å². The quantitative estimate of drug-likeness (QED) is 0.578. The van der Waals surface area contributed by atoms with Crippen LogP contribution in [0.1, 0.15) is 27.6 Å². The minimum Gasteiger partial charge on any atom is -0.478 e. The van der Waals surface area contributed by atoms with Crippen LogP contribution in [-0.4, -0.2) is 41.7 Å². The fourth-order valence-electron chi connectivity index (χ4n) is 1.31. The van der Waals surface area contributed by atoms with Crippen LogP contribution in [-0.2, 0) is 9.47 Å². The molecule has 0 saturated heterocycles. The third-order valence-electron chi connectivity index (χ3n) is 2.09. The Kier molecular flexibility index (Phi) is 5.29. The second-order valence-corrected chi connectivity index (χ2v) is 3.42. The van der Waals surface area contributed by atoms with Gasteiger partial charge in [-0.2, -0.15) is 0 Å². The molecule has 1 rings (SSSR count). The van der Waals surface area contributed by atoms with Crippen LogP contribution in [0.5, 0.6) is 0 Å². The number of aromatic carboxylic acids is 1. The topological polar surface area (TPSA) is 93.1 Å². The van der Waals surface area contributed by atoms with Gasteiger partial charge in [-0.25, -0.2) is 9.59 Å². The number of esters is 1. The molecule has 0 radical (unpaired) electrons. The van der Waals surface area contributed by atoms with Crippen molar-refractivity contribution in [3.63, 3.8) is 0 Å². The summed E-state index contributed by atoms with van der Waals surface area (Å²) in [6.07, 6.45) is -0.855. The molecule has 98 valence electrons. The molecule has 0 aliphatic heterocycles. The van der Waals surface area contributed by atoms with Crippen molar-refractivity contribution in [3.05, 3.63) is 35.4 Å². The van der Waals surface area contributed by atoms with Gasteiger partial charge in [-0.15, -0.1) is 0 Å². The highest BCUT2D eigenvalue weighted by atomic mass is 16.7. The molecule has 1 unspecified atom stereocenters. The van der Waals surface area contributed by atoms with E-state index in [4.69, 9.17) is 19.7 Å². The molecule has 2 N–H and O–H groups in total. The van der Waals surface area contributed by atoms with Gasteiger partial charge in [0.1, 0.15) is 0 Å². The normalized spacial score (nSPS) is 11.9. The lowest BCUT2D eigenvalue weighted by Crippen LogP contribution is -2.21. The molecule has 6 nitrogen and oxygen atoms in total. The monoisotopic (exact) mass is 254 g/mol. The van der Waals surface area contributed by atoms with Crippen molar-refractivity contribution in [2.24, 2.45) is 0 Å². The number of aliphatic hydroxyl groups excluding tert-OH is 1. The zero-order valence-corrected chi connectivity index (χ0v) is 9.83. The number of rotatable bonds is 6. The Morgan fingerprint density at radius 3 is 2.44 bits per heavy atom. The average Bonchev–Trinajstić information content (AvgIpc) is 2.36. The van der Waals surface area contributed by atoms with Crippen LogP contribution in [0.3, 0.4) is 0 Å². The third kappa shape index (κ3) is 3.83. The molecule has 0 aliphatic rings. The van der Waals surface area contributed by atoms with Gasteiger partial charge in [0.25, 0.3) is 0 Å². The van der Waals surface area contributed by atoms with E-state index in [1.807, 2.05) is 0 Å². The Morgan fingerprint density at radius 1 is 1.28 bits per heavy atom. The summed E-state index contributed by atoms with van der Waals surface area (Å²) in [5, 5.41) is 17.5. The van der Waals surface area contributed by atoms with Crippen molar-refractivity contribution in [2.45, 2.75) is 13.2 Å². The van der Waals surface area contributed by atoms with Crippen LogP contribution < -0.4 is 0 Å². The van der Waals surface area contributed by atoms with Gasteiger partial charge in [0, 0.05) is 0 Å². The molecule has 0 amide bonds. The summed E-state index contributed by atoms with van der Waals surface area (Å²) in [6.45, 7) is 1.33. The van der Waals surface area contributed by atoms with Crippen molar-refractivity contribution < 1.29 is 29.3 Å². The first-order valence-electron chi connectivity index (χ1n) is 5.32. The lowest BCUT2D eigenvalue weighted by Gasteiger charge is -2.14. The van der Waals surface area contributed by atoms with E-state index in [-0.39, 0.29) is 24.3 Å². The van der Waals surface area contributed by atoms with E-state index in [0.29, 0.717) is 0 Å². The van der Waals surface area contributed by atoms with E-state index in [0.717, 1.165) is 0 Å².